The van der Waals surface area contributed by atoms with Crippen LogP contribution in [-0.2, 0) is 6.42 Å². The van der Waals surface area contributed by atoms with Crippen LogP contribution in [0, 0.1) is 5.92 Å². The standard InChI is InChI=1S/C14H23N3S/c1-17-11-4-5-12(17)8-10(7-11)14(16-15)9-13-3-2-6-18-13/h2-3,6,10-12,14,16H,4-5,7-9,15H2,1H3. The number of rotatable bonds is 4. The summed E-state index contributed by atoms with van der Waals surface area (Å²) in [6.45, 7) is 0. The van der Waals surface area contributed by atoms with Crippen LogP contribution in [0.3, 0.4) is 0 Å². The molecule has 1 aromatic heterocycles. The Kier molecular flexibility index (Phi) is 3.71. The van der Waals surface area contributed by atoms with Gasteiger partial charge in [0.1, 0.15) is 0 Å². The van der Waals surface area contributed by atoms with E-state index < -0.39 is 0 Å². The second-order valence-corrected chi connectivity index (χ2v) is 6.87. The lowest BCUT2D eigenvalue weighted by molar-refractivity contribution is 0.112. The van der Waals surface area contributed by atoms with Gasteiger partial charge in [0.25, 0.3) is 0 Å². The van der Waals surface area contributed by atoms with Crippen LogP contribution in [0.5, 0.6) is 0 Å². The number of hydrazine groups is 1. The van der Waals surface area contributed by atoms with E-state index in [1.165, 1.54) is 30.6 Å². The van der Waals surface area contributed by atoms with E-state index in [1.807, 2.05) is 11.3 Å². The van der Waals surface area contributed by atoms with Gasteiger partial charge >= 0.3 is 0 Å². The molecule has 3 nitrogen and oxygen atoms in total. The van der Waals surface area contributed by atoms with Gasteiger partial charge in [-0.15, -0.1) is 11.3 Å². The molecule has 2 aliphatic heterocycles. The van der Waals surface area contributed by atoms with Gasteiger partial charge in [-0.3, -0.25) is 11.3 Å². The number of fused-ring (bicyclic) bond motifs is 2. The Balaban J connectivity index is 1.66. The summed E-state index contributed by atoms with van der Waals surface area (Å²) in [5, 5.41) is 2.15. The Labute approximate surface area is 113 Å². The molecular formula is C14H23N3S. The first kappa shape index (κ1) is 12.6. The van der Waals surface area contributed by atoms with Crippen LogP contribution in [0.15, 0.2) is 17.5 Å². The lowest BCUT2D eigenvalue weighted by atomic mass is 9.84. The zero-order valence-corrected chi connectivity index (χ0v) is 11.8. The average molecular weight is 265 g/mol. The van der Waals surface area contributed by atoms with Crippen molar-refractivity contribution in [2.24, 2.45) is 11.8 Å². The Bertz CT molecular complexity index is 364. The normalized spacial score (nSPS) is 33.8. The summed E-state index contributed by atoms with van der Waals surface area (Å²) in [5.41, 5.74) is 3.08. The van der Waals surface area contributed by atoms with Crippen molar-refractivity contribution in [1.29, 1.82) is 0 Å². The highest BCUT2D eigenvalue weighted by Gasteiger charge is 2.40. The molecule has 3 rings (SSSR count). The summed E-state index contributed by atoms with van der Waals surface area (Å²) in [5.74, 6) is 6.55. The van der Waals surface area contributed by atoms with Crippen LogP contribution in [0.1, 0.15) is 30.6 Å². The molecule has 0 saturated carbocycles. The molecule has 4 heteroatoms. The number of nitrogens with one attached hydrogen (secondary N) is 1. The molecule has 2 saturated heterocycles. The summed E-state index contributed by atoms with van der Waals surface area (Å²) in [6.07, 6.45) is 6.48. The first-order valence-corrected chi connectivity index (χ1v) is 7.86. The van der Waals surface area contributed by atoms with Crippen LogP contribution >= 0.6 is 11.3 Å². The smallest absolute Gasteiger partial charge is 0.0288 e. The highest BCUT2D eigenvalue weighted by molar-refractivity contribution is 7.09. The van der Waals surface area contributed by atoms with Crippen molar-refractivity contribution in [1.82, 2.24) is 10.3 Å². The second kappa shape index (κ2) is 5.29. The van der Waals surface area contributed by atoms with E-state index in [0.717, 1.165) is 24.4 Å². The van der Waals surface area contributed by atoms with Gasteiger partial charge in [-0.1, -0.05) is 6.07 Å². The highest BCUT2D eigenvalue weighted by Crippen LogP contribution is 2.39. The van der Waals surface area contributed by atoms with Crippen molar-refractivity contribution in [2.45, 2.75) is 50.2 Å². The minimum Gasteiger partial charge on any atom is -0.300 e. The first-order chi connectivity index (χ1) is 8.78. The molecule has 2 fully saturated rings. The lowest BCUT2D eigenvalue weighted by Gasteiger charge is -2.39. The number of thiophene rings is 1. The fourth-order valence-electron chi connectivity index (χ4n) is 3.79. The number of nitrogens with two attached hydrogens (primary N) is 1. The number of hydrogen-bond acceptors (Lipinski definition) is 4. The highest BCUT2D eigenvalue weighted by atomic mass is 32.1. The predicted molar refractivity (Wildman–Crippen MR) is 76.4 cm³/mol. The van der Waals surface area contributed by atoms with Gasteiger partial charge in [0.15, 0.2) is 0 Å². The van der Waals surface area contributed by atoms with E-state index >= 15 is 0 Å². The van der Waals surface area contributed by atoms with E-state index in [0.29, 0.717) is 6.04 Å². The maximum Gasteiger partial charge on any atom is 0.0288 e. The van der Waals surface area contributed by atoms with E-state index in [2.05, 4.69) is 34.9 Å². The maximum absolute atomic E-state index is 5.81. The Hall–Kier alpha value is -0.420. The van der Waals surface area contributed by atoms with E-state index in [4.69, 9.17) is 5.84 Å². The van der Waals surface area contributed by atoms with Gasteiger partial charge in [0.05, 0.1) is 0 Å². The molecule has 0 amide bonds. The first-order valence-electron chi connectivity index (χ1n) is 6.98. The predicted octanol–water partition coefficient (Wildman–Crippen LogP) is 2.00. The summed E-state index contributed by atoms with van der Waals surface area (Å²) in [6, 6.07) is 6.39. The van der Waals surface area contributed by atoms with E-state index in [1.54, 1.807) is 0 Å². The lowest BCUT2D eigenvalue weighted by Crippen LogP contribution is -2.49. The largest absolute Gasteiger partial charge is 0.300 e. The van der Waals surface area contributed by atoms with Crippen molar-refractivity contribution >= 4 is 11.3 Å². The van der Waals surface area contributed by atoms with Crippen molar-refractivity contribution < 1.29 is 0 Å². The third-order valence-electron chi connectivity index (χ3n) is 4.92. The molecule has 2 aliphatic rings. The van der Waals surface area contributed by atoms with Crippen LogP contribution in [0.4, 0.5) is 0 Å². The second-order valence-electron chi connectivity index (χ2n) is 5.84. The zero-order valence-electron chi connectivity index (χ0n) is 11.0. The minimum absolute atomic E-state index is 0.445. The molecule has 3 N–H and O–H groups in total. The van der Waals surface area contributed by atoms with Crippen molar-refractivity contribution in [3.8, 4) is 0 Å². The van der Waals surface area contributed by atoms with Gasteiger partial charge in [-0.25, -0.2) is 0 Å². The van der Waals surface area contributed by atoms with Gasteiger partial charge in [-0.2, -0.15) is 0 Å². The fourth-order valence-corrected chi connectivity index (χ4v) is 4.55. The van der Waals surface area contributed by atoms with Crippen LogP contribution < -0.4 is 11.3 Å². The molecular weight excluding hydrogens is 242 g/mol. The molecule has 18 heavy (non-hydrogen) atoms. The number of nitrogens with zero attached hydrogens (tertiary/aromatic N) is 1. The van der Waals surface area contributed by atoms with Gasteiger partial charge in [-0.05, 0) is 56.5 Å². The monoisotopic (exact) mass is 265 g/mol. The molecule has 0 aliphatic carbocycles. The van der Waals surface area contributed by atoms with Crippen LogP contribution in [0.2, 0.25) is 0 Å². The third-order valence-corrected chi connectivity index (χ3v) is 5.82. The minimum atomic E-state index is 0.445. The van der Waals surface area contributed by atoms with E-state index in [9.17, 15) is 0 Å². The Morgan fingerprint density at radius 1 is 1.44 bits per heavy atom. The molecule has 2 bridgehead atoms. The van der Waals surface area contributed by atoms with Crippen molar-refractivity contribution in [3.05, 3.63) is 22.4 Å². The van der Waals surface area contributed by atoms with Gasteiger partial charge in [0, 0.05) is 23.0 Å². The third kappa shape index (κ3) is 2.35. The van der Waals surface area contributed by atoms with Crippen LogP contribution in [0.25, 0.3) is 0 Å². The quantitative estimate of drug-likeness (QED) is 0.646. The molecule has 0 aromatic carbocycles. The molecule has 100 valence electrons. The van der Waals surface area contributed by atoms with Gasteiger partial charge < -0.3 is 4.90 Å². The molecule has 3 unspecified atom stereocenters. The molecule has 3 heterocycles. The topological polar surface area (TPSA) is 41.3 Å². The van der Waals surface area contributed by atoms with E-state index in [-0.39, 0.29) is 0 Å². The fraction of sp³-hybridized carbons (Fsp3) is 0.714. The summed E-state index contributed by atoms with van der Waals surface area (Å²) in [4.78, 5) is 4.04. The maximum atomic E-state index is 5.81. The van der Waals surface area contributed by atoms with Crippen molar-refractivity contribution in [3.63, 3.8) is 0 Å². The molecule has 1 aromatic rings. The summed E-state index contributed by atoms with van der Waals surface area (Å²) in [7, 11) is 2.29. The Morgan fingerprint density at radius 2 is 2.17 bits per heavy atom. The zero-order chi connectivity index (χ0) is 12.5. The number of hydrogen-bond donors (Lipinski definition) is 2. The SMILES string of the molecule is CN1C2CCC1CC(C(Cc1cccs1)NN)C2. The Morgan fingerprint density at radius 3 is 2.72 bits per heavy atom. The van der Waals surface area contributed by atoms with Crippen molar-refractivity contribution in [2.75, 3.05) is 7.05 Å². The average Bonchev–Trinajstić information content (AvgIpc) is 2.93. The molecule has 3 atom stereocenters. The van der Waals surface area contributed by atoms with Gasteiger partial charge in [0.2, 0.25) is 0 Å². The number of piperidine rings is 1. The molecule has 0 spiro atoms. The summed E-state index contributed by atoms with van der Waals surface area (Å²) >= 11 is 1.84. The van der Waals surface area contributed by atoms with Crippen LogP contribution in [-0.4, -0.2) is 30.1 Å². The molecule has 0 radical (unpaired) electrons. The summed E-state index contributed by atoms with van der Waals surface area (Å²) < 4.78 is 0.